The summed E-state index contributed by atoms with van der Waals surface area (Å²) in [5.41, 5.74) is 0.918. The van der Waals surface area contributed by atoms with Crippen molar-refractivity contribution in [1.29, 1.82) is 0 Å². The van der Waals surface area contributed by atoms with E-state index in [0.29, 0.717) is 23.6 Å². The Morgan fingerprint density at radius 2 is 1.68 bits per heavy atom. The van der Waals surface area contributed by atoms with Gasteiger partial charge in [0, 0.05) is 16.3 Å². The summed E-state index contributed by atoms with van der Waals surface area (Å²) >= 11 is 1.55. The molecule has 0 aliphatic heterocycles. The van der Waals surface area contributed by atoms with E-state index in [1.807, 2.05) is 37.3 Å². The van der Waals surface area contributed by atoms with E-state index in [9.17, 15) is 14.4 Å². The monoisotopic (exact) mass is 401 g/mol. The summed E-state index contributed by atoms with van der Waals surface area (Å²) < 4.78 is 10.0. The van der Waals surface area contributed by atoms with Crippen molar-refractivity contribution < 1.29 is 23.9 Å². The summed E-state index contributed by atoms with van der Waals surface area (Å²) in [4.78, 5) is 36.4. The minimum absolute atomic E-state index is 0.224. The number of esters is 2. The first-order valence-electron chi connectivity index (χ1n) is 8.99. The number of hydrogen-bond donors (Lipinski definition) is 1. The zero-order valence-corrected chi connectivity index (χ0v) is 16.5. The maximum Gasteiger partial charge on any atom is 0.338 e. The van der Waals surface area contributed by atoms with E-state index in [2.05, 4.69) is 5.32 Å². The van der Waals surface area contributed by atoms with E-state index >= 15 is 0 Å². The van der Waals surface area contributed by atoms with Crippen LogP contribution in [0.2, 0.25) is 0 Å². The quantitative estimate of drug-likeness (QED) is 0.480. The van der Waals surface area contributed by atoms with Gasteiger partial charge in [0.05, 0.1) is 18.6 Å². The fraction of sp³-hybridized carbons (Fsp3) is 0.286. The van der Waals surface area contributed by atoms with E-state index in [1.54, 1.807) is 36.0 Å². The third-order valence-corrected chi connectivity index (χ3v) is 4.54. The van der Waals surface area contributed by atoms with Crippen molar-refractivity contribution in [2.75, 3.05) is 24.3 Å². The molecule has 0 aliphatic carbocycles. The largest absolute Gasteiger partial charge is 0.462 e. The number of anilines is 1. The molecule has 0 aromatic heterocycles. The van der Waals surface area contributed by atoms with E-state index in [0.717, 1.165) is 11.3 Å². The average Bonchev–Trinajstić information content (AvgIpc) is 2.72. The Labute approximate surface area is 168 Å². The number of benzene rings is 2. The first-order chi connectivity index (χ1) is 13.6. The summed E-state index contributed by atoms with van der Waals surface area (Å²) in [6.07, 6.45) is 0.977. The highest BCUT2D eigenvalue weighted by Gasteiger charge is 2.10. The van der Waals surface area contributed by atoms with Gasteiger partial charge in [-0.3, -0.25) is 9.59 Å². The second kappa shape index (κ2) is 11.8. The number of carbonyl (C=O) groups excluding carboxylic acids is 3. The maximum absolute atomic E-state index is 11.9. The first-order valence-corrected chi connectivity index (χ1v) is 9.97. The van der Waals surface area contributed by atoms with Crippen LogP contribution in [0.15, 0.2) is 59.5 Å². The van der Waals surface area contributed by atoms with Gasteiger partial charge in [0.25, 0.3) is 5.91 Å². The Balaban J connectivity index is 1.67. The Morgan fingerprint density at radius 3 is 2.36 bits per heavy atom. The van der Waals surface area contributed by atoms with Crippen molar-refractivity contribution in [3.8, 4) is 0 Å². The molecule has 0 radical (unpaired) electrons. The Hall–Kier alpha value is -2.80. The summed E-state index contributed by atoms with van der Waals surface area (Å²) in [5.74, 6) is -0.680. The minimum atomic E-state index is -0.439. The molecule has 28 heavy (non-hydrogen) atoms. The lowest BCUT2D eigenvalue weighted by molar-refractivity contribution is -0.146. The van der Waals surface area contributed by atoms with E-state index < -0.39 is 17.8 Å². The summed E-state index contributed by atoms with van der Waals surface area (Å²) in [6.45, 7) is 1.93. The van der Waals surface area contributed by atoms with Crippen LogP contribution in [0.25, 0.3) is 0 Å². The molecule has 0 bridgehead atoms. The molecule has 0 atom stereocenters. The maximum atomic E-state index is 11.9. The number of rotatable bonds is 10. The predicted octanol–water partition coefficient (Wildman–Crippen LogP) is 3.92. The molecule has 2 rings (SSSR count). The molecule has 0 spiro atoms. The van der Waals surface area contributed by atoms with Crippen LogP contribution in [0.4, 0.5) is 5.69 Å². The van der Waals surface area contributed by atoms with Crippen LogP contribution in [0.1, 0.15) is 30.1 Å². The summed E-state index contributed by atoms with van der Waals surface area (Å²) in [6, 6.07) is 16.1. The molecule has 0 unspecified atom stereocenters. The Morgan fingerprint density at radius 1 is 0.964 bits per heavy atom. The first kappa shape index (κ1) is 21.5. The topological polar surface area (TPSA) is 81.7 Å². The fourth-order valence-electron chi connectivity index (χ4n) is 2.15. The fourth-order valence-corrected chi connectivity index (χ4v) is 3.01. The van der Waals surface area contributed by atoms with Crippen molar-refractivity contribution in [3.63, 3.8) is 0 Å². The molecule has 1 N–H and O–H groups in total. The number of amides is 1. The van der Waals surface area contributed by atoms with Crippen LogP contribution in [0.5, 0.6) is 0 Å². The molecular formula is C21H23NO5S. The lowest BCUT2D eigenvalue weighted by atomic mass is 10.2. The van der Waals surface area contributed by atoms with Crippen molar-refractivity contribution in [2.45, 2.75) is 24.7 Å². The highest BCUT2D eigenvalue weighted by Crippen LogP contribution is 2.17. The van der Waals surface area contributed by atoms with Crippen molar-refractivity contribution in [3.05, 3.63) is 60.2 Å². The molecule has 2 aromatic carbocycles. The van der Waals surface area contributed by atoms with Crippen molar-refractivity contribution in [1.82, 2.24) is 0 Å². The molecule has 148 valence electrons. The standard InChI is InChI=1S/C21H23NO5S/c1-2-13-26-21(25)16-8-10-17(11-9-16)22-19(23)15-27-20(24)12-14-28-18-6-4-3-5-7-18/h3-11H,2,12-15H2,1H3,(H,22,23). The number of carbonyl (C=O) groups is 3. The van der Waals surface area contributed by atoms with E-state index in [4.69, 9.17) is 9.47 Å². The zero-order chi connectivity index (χ0) is 20.2. The van der Waals surface area contributed by atoms with Gasteiger partial charge in [-0.1, -0.05) is 25.1 Å². The second-order valence-electron chi connectivity index (χ2n) is 5.83. The predicted molar refractivity (Wildman–Crippen MR) is 108 cm³/mol. The van der Waals surface area contributed by atoms with Gasteiger partial charge in [-0.2, -0.15) is 0 Å². The number of nitrogens with one attached hydrogen (secondary N) is 1. The van der Waals surface area contributed by atoms with Gasteiger partial charge in [0.1, 0.15) is 0 Å². The number of hydrogen-bond acceptors (Lipinski definition) is 6. The van der Waals surface area contributed by atoms with E-state index in [-0.39, 0.29) is 13.0 Å². The highest BCUT2D eigenvalue weighted by atomic mass is 32.2. The number of ether oxygens (including phenoxy) is 2. The van der Waals surface area contributed by atoms with Crippen LogP contribution in [0, 0.1) is 0 Å². The molecule has 0 fully saturated rings. The Kier molecular flexibility index (Phi) is 9.07. The van der Waals surface area contributed by atoms with Gasteiger partial charge in [-0.25, -0.2) is 4.79 Å². The lowest BCUT2D eigenvalue weighted by Crippen LogP contribution is -2.21. The average molecular weight is 401 g/mol. The smallest absolute Gasteiger partial charge is 0.338 e. The van der Waals surface area contributed by atoms with Crippen LogP contribution in [0.3, 0.4) is 0 Å². The van der Waals surface area contributed by atoms with Gasteiger partial charge in [-0.15, -0.1) is 11.8 Å². The van der Waals surface area contributed by atoms with Crippen LogP contribution in [-0.2, 0) is 19.1 Å². The van der Waals surface area contributed by atoms with Crippen LogP contribution in [-0.4, -0.2) is 36.8 Å². The molecule has 0 saturated heterocycles. The van der Waals surface area contributed by atoms with E-state index in [1.165, 1.54) is 0 Å². The van der Waals surface area contributed by atoms with Crippen LogP contribution < -0.4 is 5.32 Å². The van der Waals surface area contributed by atoms with Gasteiger partial charge in [0.15, 0.2) is 6.61 Å². The molecule has 7 heteroatoms. The third kappa shape index (κ3) is 7.84. The second-order valence-corrected chi connectivity index (χ2v) is 7.00. The zero-order valence-electron chi connectivity index (χ0n) is 15.7. The molecule has 0 heterocycles. The van der Waals surface area contributed by atoms with Crippen LogP contribution >= 0.6 is 11.8 Å². The van der Waals surface area contributed by atoms with Gasteiger partial charge < -0.3 is 14.8 Å². The normalized spacial score (nSPS) is 10.2. The van der Waals surface area contributed by atoms with Gasteiger partial charge >= 0.3 is 11.9 Å². The molecule has 6 nitrogen and oxygen atoms in total. The molecule has 2 aromatic rings. The number of thioether (sulfide) groups is 1. The summed E-state index contributed by atoms with van der Waals surface area (Å²) in [7, 11) is 0. The van der Waals surface area contributed by atoms with Crippen molar-refractivity contribution >= 4 is 35.3 Å². The molecule has 0 aliphatic rings. The molecular weight excluding hydrogens is 378 g/mol. The lowest BCUT2D eigenvalue weighted by Gasteiger charge is -2.08. The molecule has 0 saturated carbocycles. The van der Waals surface area contributed by atoms with Gasteiger partial charge in [0.2, 0.25) is 0 Å². The van der Waals surface area contributed by atoms with Crippen molar-refractivity contribution in [2.24, 2.45) is 0 Å². The minimum Gasteiger partial charge on any atom is -0.462 e. The van der Waals surface area contributed by atoms with Gasteiger partial charge in [-0.05, 0) is 42.8 Å². The highest BCUT2D eigenvalue weighted by molar-refractivity contribution is 7.99. The molecule has 1 amide bonds. The summed E-state index contributed by atoms with van der Waals surface area (Å²) in [5, 5.41) is 2.62. The third-order valence-electron chi connectivity index (χ3n) is 3.52. The SMILES string of the molecule is CCCOC(=O)c1ccc(NC(=O)COC(=O)CCSc2ccccc2)cc1. The Bertz CT molecular complexity index is 777.